The van der Waals surface area contributed by atoms with Gasteiger partial charge in [-0.1, -0.05) is 11.8 Å². The lowest BCUT2D eigenvalue weighted by Crippen LogP contribution is -2.39. The zero-order valence-electron chi connectivity index (χ0n) is 13.1. The molecule has 0 radical (unpaired) electrons. The second kappa shape index (κ2) is 8.11. The zero-order valence-corrected chi connectivity index (χ0v) is 13.9. The SMILES string of the molecule is O=Cc1ccc(F)cc1C#Cc1ccc(SN2CCNCC2)cc1. The van der Waals surface area contributed by atoms with Gasteiger partial charge < -0.3 is 5.32 Å². The van der Waals surface area contributed by atoms with Gasteiger partial charge in [-0.05, 0) is 54.4 Å². The molecule has 1 aliphatic rings. The fourth-order valence-corrected chi connectivity index (χ4v) is 3.28. The van der Waals surface area contributed by atoms with Crippen molar-refractivity contribution < 1.29 is 9.18 Å². The number of halogens is 1. The first-order valence-electron chi connectivity index (χ1n) is 7.75. The molecule has 1 fully saturated rings. The van der Waals surface area contributed by atoms with Gasteiger partial charge in [-0.2, -0.15) is 0 Å². The van der Waals surface area contributed by atoms with Crippen molar-refractivity contribution in [2.75, 3.05) is 26.2 Å². The second-order valence-corrected chi connectivity index (χ2v) is 6.56. The van der Waals surface area contributed by atoms with Crippen LogP contribution >= 0.6 is 11.9 Å². The van der Waals surface area contributed by atoms with Gasteiger partial charge in [0.05, 0.1) is 0 Å². The first kappa shape index (κ1) is 16.7. The summed E-state index contributed by atoms with van der Waals surface area (Å²) in [5.41, 5.74) is 1.64. The van der Waals surface area contributed by atoms with Crippen LogP contribution in [0.3, 0.4) is 0 Å². The third-order valence-corrected chi connectivity index (χ3v) is 4.75. The van der Waals surface area contributed by atoms with Crippen molar-refractivity contribution in [1.29, 1.82) is 0 Å². The van der Waals surface area contributed by atoms with Crippen LogP contribution in [0.5, 0.6) is 0 Å². The van der Waals surface area contributed by atoms with E-state index in [-0.39, 0.29) is 0 Å². The van der Waals surface area contributed by atoms with E-state index in [1.165, 1.54) is 23.1 Å². The molecular weight excluding hydrogens is 323 g/mol. The first-order chi connectivity index (χ1) is 11.7. The maximum atomic E-state index is 13.3. The molecule has 0 atom stereocenters. The van der Waals surface area contributed by atoms with Crippen molar-refractivity contribution in [3.63, 3.8) is 0 Å². The Morgan fingerprint density at radius 1 is 1.08 bits per heavy atom. The minimum atomic E-state index is -0.396. The lowest BCUT2D eigenvalue weighted by Gasteiger charge is -2.25. The molecule has 24 heavy (non-hydrogen) atoms. The smallest absolute Gasteiger partial charge is 0.151 e. The van der Waals surface area contributed by atoms with Crippen molar-refractivity contribution in [2.45, 2.75) is 4.90 Å². The molecule has 1 saturated heterocycles. The number of carbonyl (C=O) groups excluding carboxylic acids is 1. The summed E-state index contributed by atoms with van der Waals surface area (Å²) in [6, 6.07) is 11.9. The molecule has 2 aromatic carbocycles. The summed E-state index contributed by atoms with van der Waals surface area (Å²) in [6.45, 7) is 4.09. The summed E-state index contributed by atoms with van der Waals surface area (Å²) in [7, 11) is 0. The Balaban J connectivity index is 1.71. The van der Waals surface area contributed by atoms with Crippen molar-refractivity contribution in [2.24, 2.45) is 0 Å². The van der Waals surface area contributed by atoms with Gasteiger partial charge in [-0.25, -0.2) is 8.70 Å². The average Bonchev–Trinajstić information content (AvgIpc) is 2.62. The van der Waals surface area contributed by atoms with Gasteiger partial charge in [-0.15, -0.1) is 0 Å². The van der Waals surface area contributed by atoms with Gasteiger partial charge >= 0.3 is 0 Å². The van der Waals surface area contributed by atoms with Crippen LogP contribution in [0.1, 0.15) is 21.5 Å². The molecule has 122 valence electrons. The summed E-state index contributed by atoms with van der Waals surface area (Å²) in [5.74, 6) is 5.47. The summed E-state index contributed by atoms with van der Waals surface area (Å²) in [4.78, 5) is 12.2. The molecule has 1 aliphatic heterocycles. The summed E-state index contributed by atoms with van der Waals surface area (Å²) >= 11 is 1.74. The Morgan fingerprint density at radius 3 is 2.54 bits per heavy atom. The van der Waals surface area contributed by atoms with E-state index in [0.29, 0.717) is 17.4 Å². The molecule has 2 aromatic rings. The highest BCUT2D eigenvalue weighted by molar-refractivity contribution is 7.97. The lowest BCUT2D eigenvalue weighted by molar-refractivity contribution is 0.112. The Labute approximate surface area is 145 Å². The van der Waals surface area contributed by atoms with E-state index in [1.807, 2.05) is 24.3 Å². The first-order valence-corrected chi connectivity index (χ1v) is 8.52. The van der Waals surface area contributed by atoms with Crippen LogP contribution in [-0.4, -0.2) is 36.8 Å². The van der Waals surface area contributed by atoms with Crippen LogP contribution in [0.15, 0.2) is 47.4 Å². The predicted octanol–water partition coefficient (Wildman–Crippen LogP) is 2.95. The maximum Gasteiger partial charge on any atom is 0.151 e. The topological polar surface area (TPSA) is 32.3 Å². The standard InChI is InChI=1S/C19H17FN2OS/c20-18-6-5-17(14-23)16(13-18)4-1-15-2-7-19(8-3-15)24-22-11-9-21-10-12-22/h2-3,5-8,13-14,21H,9-12H2. The molecule has 0 bridgehead atoms. The largest absolute Gasteiger partial charge is 0.314 e. The van der Waals surface area contributed by atoms with Crippen LogP contribution in [0, 0.1) is 17.7 Å². The van der Waals surface area contributed by atoms with E-state index in [4.69, 9.17) is 0 Å². The molecule has 1 N–H and O–H groups in total. The predicted molar refractivity (Wildman–Crippen MR) is 94.5 cm³/mol. The normalized spacial score (nSPS) is 14.7. The minimum Gasteiger partial charge on any atom is -0.314 e. The van der Waals surface area contributed by atoms with E-state index in [9.17, 15) is 9.18 Å². The fraction of sp³-hybridized carbons (Fsp3) is 0.211. The molecule has 0 aromatic heterocycles. The second-order valence-electron chi connectivity index (χ2n) is 5.39. The Kier molecular flexibility index (Phi) is 5.65. The number of aldehydes is 1. The van der Waals surface area contributed by atoms with Crippen molar-refractivity contribution in [3.05, 3.63) is 65.0 Å². The molecular formula is C19H17FN2OS. The Bertz CT molecular complexity index is 774. The number of nitrogens with zero attached hydrogens (tertiary/aromatic N) is 1. The number of nitrogens with one attached hydrogen (secondary N) is 1. The number of hydrogen-bond donors (Lipinski definition) is 1. The Morgan fingerprint density at radius 2 is 1.83 bits per heavy atom. The van der Waals surface area contributed by atoms with E-state index in [0.717, 1.165) is 31.7 Å². The van der Waals surface area contributed by atoms with Crippen LogP contribution in [-0.2, 0) is 0 Å². The molecule has 0 amide bonds. The van der Waals surface area contributed by atoms with Gasteiger partial charge in [0.2, 0.25) is 0 Å². The van der Waals surface area contributed by atoms with Gasteiger partial charge in [0, 0.05) is 47.8 Å². The highest BCUT2D eigenvalue weighted by atomic mass is 32.2. The summed E-state index contributed by atoms with van der Waals surface area (Å²) in [6.07, 6.45) is 0.691. The van der Waals surface area contributed by atoms with Crippen LogP contribution < -0.4 is 5.32 Å². The molecule has 0 unspecified atom stereocenters. The third-order valence-electron chi connectivity index (χ3n) is 3.65. The summed E-state index contributed by atoms with van der Waals surface area (Å²) in [5, 5.41) is 3.33. The number of rotatable bonds is 3. The van der Waals surface area contributed by atoms with E-state index >= 15 is 0 Å². The molecule has 3 nitrogen and oxygen atoms in total. The van der Waals surface area contributed by atoms with E-state index in [2.05, 4.69) is 21.5 Å². The zero-order chi connectivity index (χ0) is 16.8. The molecule has 0 saturated carbocycles. The third kappa shape index (κ3) is 4.45. The van der Waals surface area contributed by atoms with E-state index < -0.39 is 5.82 Å². The van der Waals surface area contributed by atoms with Gasteiger partial charge in [-0.3, -0.25) is 4.79 Å². The number of benzene rings is 2. The van der Waals surface area contributed by atoms with Crippen molar-refractivity contribution in [1.82, 2.24) is 9.62 Å². The van der Waals surface area contributed by atoms with Crippen molar-refractivity contribution >= 4 is 18.2 Å². The highest BCUT2D eigenvalue weighted by Gasteiger charge is 2.10. The summed E-state index contributed by atoms with van der Waals surface area (Å²) < 4.78 is 15.6. The molecule has 3 rings (SSSR count). The van der Waals surface area contributed by atoms with E-state index in [1.54, 1.807) is 11.9 Å². The molecule has 0 aliphatic carbocycles. The van der Waals surface area contributed by atoms with Gasteiger partial charge in [0.15, 0.2) is 6.29 Å². The maximum absolute atomic E-state index is 13.3. The number of piperazine rings is 1. The van der Waals surface area contributed by atoms with Crippen LogP contribution in [0.25, 0.3) is 0 Å². The minimum absolute atomic E-state index is 0.396. The average molecular weight is 340 g/mol. The molecule has 0 spiro atoms. The number of hydrogen-bond acceptors (Lipinski definition) is 4. The highest BCUT2D eigenvalue weighted by Crippen LogP contribution is 2.22. The van der Waals surface area contributed by atoms with Crippen LogP contribution in [0.2, 0.25) is 0 Å². The fourth-order valence-electron chi connectivity index (χ4n) is 2.36. The number of carbonyl (C=O) groups is 1. The molecule has 5 heteroatoms. The van der Waals surface area contributed by atoms with Crippen molar-refractivity contribution in [3.8, 4) is 11.8 Å². The van der Waals surface area contributed by atoms with Gasteiger partial charge in [0.1, 0.15) is 5.82 Å². The Hall–Kier alpha value is -2.13. The van der Waals surface area contributed by atoms with Gasteiger partial charge in [0.25, 0.3) is 0 Å². The molecule has 1 heterocycles. The van der Waals surface area contributed by atoms with Crippen LogP contribution in [0.4, 0.5) is 4.39 Å². The monoisotopic (exact) mass is 340 g/mol. The lowest BCUT2D eigenvalue weighted by atomic mass is 10.1. The quantitative estimate of drug-likeness (QED) is 0.529.